The van der Waals surface area contributed by atoms with Crippen molar-refractivity contribution in [3.63, 3.8) is 0 Å². The van der Waals surface area contributed by atoms with Gasteiger partial charge in [-0.3, -0.25) is 4.98 Å². The van der Waals surface area contributed by atoms with Gasteiger partial charge in [-0.15, -0.1) is 0 Å². The average molecular weight is 638 g/mol. The summed E-state index contributed by atoms with van der Waals surface area (Å²) >= 11 is 0. The highest BCUT2D eigenvalue weighted by atomic mass is 19.4. The molecule has 1 aliphatic rings. The standard InChI is InChI=1S/C33H26F3N9O2/c1-20-3-4-22(16-37-20)26-10-7-23(33(34,35)36)15-28(26)42-31(46)41-24-17-38-32(39-18-24)47-25-8-5-21(6-9-25)27-19-40-45-14-11-29(43-30(27)45)44-12-2-13-44/h3-11,14-19H,2,12-13H2,1H3,(H2,41,42,46). The van der Waals surface area contributed by atoms with E-state index in [-0.39, 0.29) is 17.4 Å². The Bertz CT molecular complexity index is 2060. The minimum absolute atomic E-state index is 0.0348. The summed E-state index contributed by atoms with van der Waals surface area (Å²) in [5.74, 6) is 1.42. The molecule has 2 amide bonds. The van der Waals surface area contributed by atoms with Crippen LogP contribution in [0.2, 0.25) is 0 Å². The lowest BCUT2D eigenvalue weighted by Gasteiger charge is -2.31. The van der Waals surface area contributed by atoms with E-state index in [4.69, 9.17) is 9.72 Å². The van der Waals surface area contributed by atoms with Gasteiger partial charge < -0.3 is 20.3 Å². The van der Waals surface area contributed by atoms with E-state index in [0.717, 1.165) is 59.9 Å². The molecule has 2 N–H and O–H groups in total. The number of aryl methyl sites for hydroxylation is 1. The molecule has 5 heterocycles. The maximum absolute atomic E-state index is 13.4. The Morgan fingerprint density at radius 2 is 1.62 bits per heavy atom. The second-order valence-electron chi connectivity index (χ2n) is 10.9. The van der Waals surface area contributed by atoms with Crippen LogP contribution in [0.3, 0.4) is 0 Å². The van der Waals surface area contributed by atoms with Gasteiger partial charge >= 0.3 is 18.2 Å². The van der Waals surface area contributed by atoms with Gasteiger partial charge in [-0.2, -0.15) is 18.3 Å². The summed E-state index contributed by atoms with van der Waals surface area (Å²) in [6.45, 7) is 3.79. The Morgan fingerprint density at radius 1 is 0.851 bits per heavy atom. The summed E-state index contributed by atoms with van der Waals surface area (Å²) in [5, 5.41) is 9.46. The van der Waals surface area contributed by atoms with Crippen molar-refractivity contribution in [2.75, 3.05) is 28.6 Å². The van der Waals surface area contributed by atoms with Crippen LogP contribution in [0, 0.1) is 6.92 Å². The number of urea groups is 1. The summed E-state index contributed by atoms with van der Waals surface area (Å²) in [5.41, 5.74) is 3.49. The molecule has 4 aromatic heterocycles. The molecule has 1 fully saturated rings. The first-order valence-corrected chi connectivity index (χ1v) is 14.6. The maximum atomic E-state index is 13.4. The van der Waals surface area contributed by atoms with Gasteiger partial charge in [0.05, 0.1) is 35.5 Å². The lowest BCUT2D eigenvalue weighted by Crippen LogP contribution is -2.37. The van der Waals surface area contributed by atoms with Crippen LogP contribution in [0.25, 0.3) is 27.9 Å². The second kappa shape index (κ2) is 12.0. The molecule has 0 bridgehead atoms. The predicted molar refractivity (Wildman–Crippen MR) is 169 cm³/mol. The summed E-state index contributed by atoms with van der Waals surface area (Å²) in [6, 6.07) is 15.1. The van der Waals surface area contributed by atoms with Crippen molar-refractivity contribution >= 4 is 28.9 Å². The third-order valence-corrected chi connectivity index (χ3v) is 7.61. The zero-order valence-corrected chi connectivity index (χ0v) is 24.9. The number of hydrogen-bond acceptors (Lipinski definition) is 8. The minimum atomic E-state index is -4.59. The molecule has 0 radical (unpaired) electrons. The van der Waals surface area contributed by atoms with Gasteiger partial charge in [-0.1, -0.05) is 24.3 Å². The number of hydrogen-bond donors (Lipinski definition) is 2. The van der Waals surface area contributed by atoms with Crippen LogP contribution in [0.5, 0.6) is 11.8 Å². The number of aromatic nitrogens is 6. The number of amides is 2. The van der Waals surface area contributed by atoms with Gasteiger partial charge in [-0.25, -0.2) is 24.3 Å². The van der Waals surface area contributed by atoms with E-state index in [1.807, 2.05) is 24.4 Å². The molecule has 1 saturated heterocycles. The number of rotatable bonds is 7. The number of carbonyl (C=O) groups is 1. The van der Waals surface area contributed by atoms with Crippen LogP contribution in [0.1, 0.15) is 17.7 Å². The summed E-state index contributed by atoms with van der Waals surface area (Å²) in [4.78, 5) is 32.3. The molecule has 236 valence electrons. The molecule has 0 spiro atoms. The minimum Gasteiger partial charge on any atom is -0.424 e. The molecule has 2 aromatic carbocycles. The van der Waals surface area contributed by atoms with Gasteiger partial charge in [-0.05, 0) is 55.3 Å². The fourth-order valence-electron chi connectivity index (χ4n) is 5.01. The molecule has 0 atom stereocenters. The Morgan fingerprint density at radius 3 is 2.30 bits per heavy atom. The molecule has 1 aliphatic heterocycles. The largest absolute Gasteiger partial charge is 0.424 e. The zero-order chi connectivity index (χ0) is 32.5. The Balaban J connectivity index is 1.02. The molecule has 47 heavy (non-hydrogen) atoms. The van der Waals surface area contributed by atoms with Crippen molar-refractivity contribution in [3.05, 3.63) is 103 Å². The number of anilines is 3. The fraction of sp³-hybridized carbons (Fsp3) is 0.152. The fourth-order valence-corrected chi connectivity index (χ4v) is 5.01. The number of nitrogens with one attached hydrogen (secondary N) is 2. The summed E-state index contributed by atoms with van der Waals surface area (Å²) in [6.07, 6.45) is 4.43. The molecular weight excluding hydrogens is 611 g/mol. The number of fused-ring (bicyclic) bond motifs is 1. The first-order valence-electron chi connectivity index (χ1n) is 14.6. The number of nitrogens with zero attached hydrogens (tertiary/aromatic N) is 7. The van der Waals surface area contributed by atoms with Crippen molar-refractivity contribution in [1.82, 2.24) is 29.5 Å². The van der Waals surface area contributed by atoms with Crippen molar-refractivity contribution in [1.29, 1.82) is 0 Å². The van der Waals surface area contributed by atoms with Crippen molar-refractivity contribution in [2.24, 2.45) is 0 Å². The summed E-state index contributed by atoms with van der Waals surface area (Å²) in [7, 11) is 0. The number of halogens is 3. The lowest BCUT2D eigenvalue weighted by molar-refractivity contribution is -0.137. The molecule has 6 aromatic rings. The average Bonchev–Trinajstić information content (AvgIpc) is 3.45. The van der Waals surface area contributed by atoms with Crippen molar-refractivity contribution in [2.45, 2.75) is 19.5 Å². The quantitative estimate of drug-likeness (QED) is 0.188. The van der Waals surface area contributed by atoms with E-state index in [1.165, 1.54) is 24.7 Å². The molecule has 11 nitrogen and oxygen atoms in total. The lowest BCUT2D eigenvalue weighted by atomic mass is 10.0. The highest BCUT2D eigenvalue weighted by molar-refractivity contribution is 6.02. The van der Waals surface area contributed by atoms with Crippen molar-refractivity contribution < 1.29 is 22.7 Å². The molecule has 0 saturated carbocycles. The van der Waals surface area contributed by atoms with Gasteiger partial charge in [0.1, 0.15) is 11.6 Å². The number of ether oxygens (including phenoxy) is 1. The first kappa shape index (κ1) is 29.6. The molecule has 7 rings (SSSR count). The van der Waals surface area contributed by atoms with Crippen LogP contribution >= 0.6 is 0 Å². The number of alkyl halides is 3. The van der Waals surface area contributed by atoms with Crippen LogP contribution in [-0.2, 0) is 6.18 Å². The van der Waals surface area contributed by atoms with Crippen molar-refractivity contribution in [3.8, 4) is 34.0 Å². The first-order chi connectivity index (χ1) is 22.7. The van der Waals surface area contributed by atoms with Gasteiger partial charge in [0.15, 0.2) is 5.65 Å². The SMILES string of the molecule is Cc1ccc(-c2ccc(C(F)(F)F)cc2NC(=O)Nc2cnc(Oc3ccc(-c4cnn5ccc(N6CCC6)nc45)cc3)nc2)cn1. The number of carbonyl (C=O) groups excluding carboxylic acids is 1. The van der Waals surface area contributed by atoms with Crippen LogP contribution in [-0.4, -0.2) is 48.7 Å². The Kier molecular flexibility index (Phi) is 7.60. The predicted octanol–water partition coefficient (Wildman–Crippen LogP) is 7.22. The van der Waals surface area contributed by atoms with E-state index < -0.39 is 17.8 Å². The smallest absolute Gasteiger partial charge is 0.416 e. The van der Waals surface area contributed by atoms with E-state index in [0.29, 0.717) is 16.9 Å². The van der Waals surface area contributed by atoms with E-state index in [1.54, 1.807) is 41.9 Å². The third kappa shape index (κ3) is 6.38. The number of benzene rings is 2. The van der Waals surface area contributed by atoms with Crippen LogP contribution in [0.15, 0.2) is 91.6 Å². The van der Waals surface area contributed by atoms with E-state index >= 15 is 0 Å². The highest BCUT2D eigenvalue weighted by Gasteiger charge is 2.31. The van der Waals surface area contributed by atoms with Gasteiger partial charge in [0.2, 0.25) is 0 Å². The molecule has 0 unspecified atom stereocenters. The van der Waals surface area contributed by atoms with Crippen LogP contribution in [0.4, 0.5) is 35.2 Å². The second-order valence-corrected chi connectivity index (χ2v) is 10.9. The van der Waals surface area contributed by atoms with E-state index in [2.05, 4.69) is 35.6 Å². The topological polar surface area (TPSA) is 122 Å². The normalized spacial score (nSPS) is 12.9. The van der Waals surface area contributed by atoms with Crippen LogP contribution < -0.4 is 20.3 Å². The maximum Gasteiger partial charge on any atom is 0.416 e. The number of pyridine rings is 1. The third-order valence-electron chi connectivity index (χ3n) is 7.61. The van der Waals surface area contributed by atoms with Gasteiger partial charge in [0.25, 0.3) is 0 Å². The van der Waals surface area contributed by atoms with E-state index in [9.17, 15) is 18.0 Å². The molecule has 14 heteroatoms. The Hall–Kier alpha value is -6.05. The Labute approximate surface area is 266 Å². The van der Waals surface area contributed by atoms with Gasteiger partial charge in [0, 0.05) is 47.9 Å². The zero-order valence-electron chi connectivity index (χ0n) is 24.9. The molecule has 0 aliphatic carbocycles. The molecular formula is C33H26F3N9O2. The monoisotopic (exact) mass is 637 g/mol. The summed E-state index contributed by atoms with van der Waals surface area (Å²) < 4.78 is 47.9. The highest BCUT2D eigenvalue weighted by Crippen LogP contribution is 2.36.